The summed E-state index contributed by atoms with van der Waals surface area (Å²) < 4.78 is 0. The highest BCUT2D eigenvalue weighted by Crippen LogP contribution is 2.30. The first-order chi connectivity index (χ1) is 14.0. The maximum atomic E-state index is 12.9. The maximum absolute atomic E-state index is 12.9. The number of fused-ring (bicyclic) bond motifs is 1. The molecule has 3 aromatic rings. The van der Waals surface area contributed by atoms with E-state index in [0.717, 1.165) is 34.4 Å². The first-order valence-corrected chi connectivity index (χ1v) is 9.87. The van der Waals surface area contributed by atoms with Gasteiger partial charge in [-0.05, 0) is 61.2 Å². The molecule has 1 aliphatic heterocycles. The number of hydrogen-bond acceptors (Lipinski definition) is 2. The molecule has 0 aliphatic carbocycles. The van der Waals surface area contributed by atoms with Crippen LogP contribution in [0.4, 0.5) is 5.69 Å². The quantitative estimate of drug-likeness (QED) is 0.723. The van der Waals surface area contributed by atoms with Crippen molar-refractivity contribution in [1.29, 1.82) is 0 Å². The van der Waals surface area contributed by atoms with E-state index in [4.69, 9.17) is 0 Å². The van der Waals surface area contributed by atoms with Crippen molar-refractivity contribution >= 4 is 17.5 Å². The van der Waals surface area contributed by atoms with E-state index in [1.165, 1.54) is 0 Å². The SMILES string of the molecule is Cc1cccc(C(=O)N2CCc3cc(CNC(=O)c4ccccc4C)ccc32)c1. The van der Waals surface area contributed by atoms with Crippen molar-refractivity contribution in [3.63, 3.8) is 0 Å². The number of aryl methyl sites for hydroxylation is 2. The van der Waals surface area contributed by atoms with Crippen molar-refractivity contribution in [2.75, 3.05) is 11.4 Å². The van der Waals surface area contributed by atoms with Gasteiger partial charge in [0.2, 0.25) is 0 Å². The number of anilines is 1. The molecule has 0 saturated carbocycles. The minimum absolute atomic E-state index is 0.0352. The summed E-state index contributed by atoms with van der Waals surface area (Å²) in [5.74, 6) is -0.0343. The zero-order valence-corrected chi connectivity index (χ0v) is 16.7. The molecule has 4 heteroatoms. The molecule has 0 bridgehead atoms. The minimum Gasteiger partial charge on any atom is -0.348 e. The number of nitrogens with zero attached hydrogens (tertiary/aromatic N) is 1. The number of carbonyl (C=O) groups excluding carboxylic acids is 2. The molecule has 4 nitrogen and oxygen atoms in total. The molecule has 146 valence electrons. The number of benzene rings is 3. The first-order valence-electron chi connectivity index (χ1n) is 9.87. The second kappa shape index (κ2) is 7.92. The van der Waals surface area contributed by atoms with Gasteiger partial charge in [0, 0.05) is 29.9 Å². The Bertz CT molecular complexity index is 1090. The Hall–Kier alpha value is -3.40. The largest absolute Gasteiger partial charge is 0.348 e. The molecule has 0 atom stereocenters. The summed E-state index contributed by atoms with van der Waals surface area (Å²) in [6, 6.07) is 21.3. The van der Waals surface area contributed by atoms with Crippen LogP contribution in [0.2, 0.25) is 0 Å². The molecule has 29 heavy (non-hydrogen) atoms. The second-order valence-corrected chi connectivity index (χ2v) is 7.54. The van der Waals surface area contributed by atoms with Gasteiger partial charge < -0.3 is 10.2 Å². The Morgan fingerprint density at radius 1 is 0.966 bits per heavy atom. The van der Waals surface area contributed by atoms with Crippen LogP contribution in [0.3, 0.4) is 0 Å². The Labute approximate surface area is 171 Å². The maximum Gasteiger partial charge on any atom is 0.258 e. The van der Waals surface area contributed by atoms with Gasteiger partial charge in [-0.2, -0.15) is 0 Å². The third-order valence-corrected chi connectivity index (χ3v) is 5.39. The molecule has 0 aromatic heterocycles. The fourth-order valence-electron chi connectivity index (χ4n) is 3.82. The van der Waals surface area contributed by atoms with Crippen LogP contribution in [0, 0.1) is 13.8 Å². The molecule has 0 fully saturated rings. The molecule has 0 radical (unpaired) electrons. The Morgan fingerprint density at radius 3 is 2.59 bits per heavy atom. The molecule has 4 rings (SSSR count). The Balaban J connectivity index is 1.47. The lowest BCUT2D eigenvalue weighted by atomic mass is 10.1. The normalized spacial score (nSPS) is 12.6. The van der Waals surface area contributed by atoms with Crippen molar-refractivity contribution in [2.24, 2.45) is 0 Å². The van der Waals surface area contributed by atoms with Gasteiger partial charge in [-0.15, -0.1) is 0 Å². The molecule has 0 saturated heterocycles. The number of carbonyl (C=O) groups is 2. The summed E-state index contributed by atoms with van der Waals surface area (Å²) in [5.41, 5.74) is 6.60. The molecule has 1 N–H and O–H groups in total. The fourth-order valence-corrected chi connectivity index (χ4v) is 3.82. The Morgan fingerprint density at radius 2 is 1.79 bits per heavy atom. The van der Waals surface area contributed by atoms with Crippen LogP contribution in [0.1, 0.15) is 43.0 Å². The van der Waals surface area contributed by atoms with Gasteiger partial charge in [0.1, 0.15) is 0 Å². The van der Waals surface area contributed by atoms with Crippen LogP contribution < -0.4 is 10.2 Å². The first kappa shape index (κ1) is 18.9. The van der Waals surface area contributed by atoms with Crippen LogP contribution in [-0.2, 0) is 13.0 Å². The van der Waals surface area contributed by atoms with Gasteiger partial charge in [0.05, 0.1) is 0 Å². The van der Waals surface area contributed by atoms with E-state index < -0.39 is 0 Å². The molecule has 1 heterocycles. The average Bonchev–Trinajstić information content (AvgIpc) is 3.15. The van der Waals surface area contributed by atoms with Gasteiger partial charge in [0.15, 0.2) is 0 Å². The summed E-state index contributed by atoms with van der Waals surface area (Å²) in [6.45, 7) is 5.07. The molecular weight excluding hydrogens is 360 g/mol. The monoisotopic (exact) mass is 384 g/mol. The van der Waals surface area contributed by atoms with E-state index in [1.54, 1.807) is 0 Å². The third kappa shape index (κ3) is 3.92. The molecule has 0 spiro atoms. The number of nitrogens with one attached hydrogen (secondary N) is 1. The number of rotatable bonds is 4. The summed E-state index contributed by atoms with van der Waals surface area (Å²) in [7, 11) is 0. The fraction of sp³-hybridized carbons (Fsp3) is 0.200. The lowest BCUT2D eigenvalue weighted by Gasteiger charge is -2.18. The minimum atomic E-state index is -0.0696. The van der Waals surface area contributed by atoms with Crippen molar-refractivity contribution in [1.82, 2.24) is 5.32 Å². The van der Waals surface area contributed by atoms with Gasteiger partial charge >= 0.3 is 0 Å². The van der Waals surface area contributed by atoms with Crippen LogP contribution >= 0.6 is 0 Å². The summed E-state index contributed by atoms with van der Waals surface area (Å²) in [6.07, 6.45) is 0.826. The van der Waals surface area contributed by atoms with Crippen LogP contribution in [0.25, 0.3) is 0 Å². The van der Waals surface area contributed by atoms with Crippen LogP contribution in [-0.4, -0.2) is 18.4 Å². The lowest BCUT2D eigenvalue weighted by molar-refractivity contribution is 0.0949. The summed E-state index contributed by atoms with van der Waals surface area (Å²) in [4.78, 5) is 27.2. The van der Waals surface area contributed by atoms with Crippen LogP contribution in [0.5, 0.6) is 0 Å². The molecular formula is C25H24N2O2. The number of hydrogen-bond donors (Lipinski definition) is 1. The van der Waals surface area contributed by atoms with E-state index in [0.29, 0.717) is 24.2 Å². The van der Waals surface area contributed by atoms with Gasteiger partial charge in [-0.3, -0.25) is 9.59 Å². The highest BCUT2D eigenvalue weighted by molar-refractivity contribution is 6.07. The second-order valence-electron chi connectivity index (χ2n) is 7.54. The predicted octanol–water partition coefficient (Wildman–Crippen LogP) is 4.44. The standard InChI is InChI=1S/C25H24N2O2/c1-17-6-5-8-21(14-17)25(29)27-13-12-20-15-19(10-11-23(20)27)16-26-24(28)22-9-4-3-7-18(22)2/h3-11,14-15H,12-13,16H2,1-2H3,(H,26,28). The van der Waals surface area contributed by atoms with Gasteiger partial charge in [-0.1, -0.05) is 48.0 Å². The van der Waals surface area contributed by atoms with Crippen LogP contribution in [0.15, 0.2) is 66.7 Å². The van der Waals surface area contributed by atoms with E-state index in [9.17, 15) is 9.59 Å². The lowest BCUT2D eigenvalue weighted by Crippen LogP contribution is -2.28. The summed E-state index contributed by atoms with van der Waals surface area (Å²) in [5, 5.41) is 2.99. The van der Waals surface area contributed by atoms with Gasteiger partial charge in [0.25, 0.3) is 11.8 Å². The van der Waals surface area contributed by atoms with Crippen molar-refractivity contribution in [3.05, 3.63) is 100 Å². The highest BCUT2D eigenvalue weighted by atomic mass is 16.2. The molecule has 2 amide bonds. The predicted molar refractivity (Wildman–Crippen MR) is 115 cm³/mol. The van der Waals surface area contributed by atoms with E-state index in [2.05, 4.69) is 11.4 Å². The summed E-state index contributed by atoms with van der Waals surface area (Å²) >= 11 is 0. The molecule has 0 unspecified atom stereocenters. The molecule has 3 aromatic carbocycles. The van der Waals surface area contributed by atoms with Gasteiger partial charge in [-0.25, -0.2) is 0 Å². The molecule has 1 aliphatic rings. The zero-order chi connectivity index (χ0) is 20.4. The number of amides is 2. The van der Waals surface area contributed by atoms with Crippen molar-refractivity contribution in [3.8, 4) is 0 Å². The average molecular weight is 384 g/mol. The topological polar surface area (TPSA) is 49.4 Å². The van der Waals surface area contributed by atoms with E-state index >= 15 is 0 Å². The zero-order valence-electron chi connectivity index (χ0n) is 16.7. The smallest absolute Gasteiger partial charge is 0.258 e. The van der Waals surface area contributed by atoms with Crippen molar-refractivity contribution in [2.45, 2.75) is 26.8 Å². The van der Waals surface area contributed by atoms with E-state index in [-0.39, 0.29) is 11.8 Å². The highest BCUT2D eigenvalue weighted by Gasteiger charge is 2.25. The van der Waals surface area contributed by atoms with E-state index in [1.807, 2.05) is 79.4 Å². The Kier molecular flexibility index (Phi) is 5.17. The van der Waals surface area contributed by atoms with Crippen molar-refractivity contribution < 1.29 is 9.59 Å². The third-order valence-electron chi connectivity index (χ3n) is 5.39.